The zero-order valence-electron chi connectivity index (χ0n) is 7.45. The lowest BCUT2D eigenvalue weighted by Crippen LogP contribution is -1.96. The third-order valence-corrected chi connectivity index (χ3v) is 3.72. The van der Waals surface area contributed by atoms with Gasteiger partial charge >= 0.3 is 0 Å². The SMILES string of the molecule is O=S(=O)(Cl)c1cccc(C2CC2(F)F)c1. The largest absolute Gasteiger partial charge is 0.261 e. The second kappa shape index (κ2) is 3.15. The van der Waals surface area contributed by atoms with Crippen LogP contribution in [0.2, 0.25) is 0 Å². The molecule has 6 heteroatoms. The molecule has 0 N–H and O–H groups in total. The summed E-state index contributed by atoms with van der Waals surface area (Å²) in [5, 5.41) is 0. The highest BCUT2D eigenvalue weighted by Crippen LogP contribution is 2.55. The Morgan fingerprint density at radius 3 is 2.47 bits per heavy atom. The van der Waals surface area contributed by atoms with Gasteiger partial charge in [-0.3, -0.25) is 0 Å². The highest BCUT2D eigenvalue weighted by atomic mass is 35.7. The second-order valence-electron chi connectivity index (χ2n) is 3.53. The minimum absolute atomic E-state index is 0.135. The predicted octanol–water partition coefficient (Wildman–Crippen LogP) is 2.74. The van der Waals surface area contributed by atoms with Crippen LogP contribution in [0.5, 0.6) is 0 Å². The Hall–Kier alpha value is -0.680. The van der Waals surface area contributed by atoms with Crippen molar-refractivity contribution < 1.29 is 17.2 Å². The first kappa shape index (κ1) is 10.8. The molecule has 1 unspecified atom stereocenters. The average molecular weight is 253 g/mol. The average Bonchev–Trinajstić information content (AvgIpc) is 2.74. The Bertz CT molecular complexity index is 499. The maximum atomic E-state index is 12.7. The normalized spacial score (nSPS) is 23.8. The number of rotatable bonds is 2. The molecule has 1 aliphatic rings. The summed E-state index contributed by atoms with van der Waals surface area (Å²) in [5.74, 6) is -3.56. The zero-order valence-corrected chi connectivity index (χ0v) is 9.02. The van der Waals surface area contributed by atoms with Crippen molar-refractivity contribution in [2.45, 2.75) is 23.2 Å². The van der Waals surface area contributed by atoms with E-state index in [1.54, 1.807) is 0 Å². The molecule has 0 amide bonds. The molecule has 1 aromatic rings. The number of hydrogen-bond acceptors (Lipinski definition) is 2. The van der Waals surface area contributed by atoms with Gasteiger partial charge in [0.15, 0.2) is 0 Å². The molecule has 0 radical (unpaired) electrons. The summed E-state index contributed by atoms with van der Waals surface area (Å²) in [6.45, 7) is 0. The molecule has 0 aliphatic heterocycles. The fraction of sp³-hybridized carbons (Fsp3) is 0.333. The lowest BCUT2D eigenvalue weighted by molar-refractivity contribution is 0.112. The van der Waals surface area contributed by atoms with E-state index in [9.17, 15) is 17.2 Å². The van der Waals surface area contributed by atoms with Gasteiger partial charge in [0.1, 0.15) is 0 Å². The first-order valence-electron chi connectivity index (χ1n) is 4.23. The summed E-state index contributed by atoms with van der Waals surface area (Å²) in [6.07, 6.45) is -0.223. The van der Waals surface area contributed by atoms with Crippen LogP contribution in [0.1, 0.15) is 17.9 Å². The van der Waals surface area contributed by atoms with E-state index in [1.807, 2.05) is 0 Å². The summed E-state index contributed by atoms with van der Waals surface area (Å²) >= 11 is 0. The number of benzene rings is 1. The molecule has 82 valence electrons. The molecular formula is C9H7ClF2O2S. The van der Waals surface area contributed by atoms with Gasteiger partial charge in [-0.25, -0.2) is 17.2 Å². The molecule has 1 fully saturated rings. The Balaban J connectivity index is 2.37. The van der Waals surface area contributed by atoms with E-state index in [0.29, 0.717) is 5.56 Å². The minimum atomic E-state index is -3.84. The molecule has 0 aromatic heterocycles. The van der Waals surface area contributed by atoms with E-state index in [2.05, 4.69) is 0 Å². The van der Waals surface area contributed by atoms with Crippen molar-refractivity contribution in [1.29, 1.82) is 0 Å². The lowest BCUT2D eigenvalue weighted by Gasteiger charge is -2.01. The van der Waals surface area contributed by atoms with Crippen molar-refractivity contribution in [1.82, 2.24) is 0 Å². The third-order valence-electron chi connectivity index (χ3n) is 2.37. The van der Waals surface area contributed by atoms with Crippen LogP contribution in [-0.4, -0.2) is 14.3 Å². The monoisotopic (exact) mass is 252 g/mol. The van der Waals surface area contributed by atoms with Gasteiger partial charge in [-0.05, 0) is 17.7 Å². The molecule has 0 saturated heterocycles. The summed E-state index contributed by atoms with van der Waals surface area (Å²) in [7, 11) is 1.27. The van der Waals surface area contributed by atoms with E-state index >= 15 is 0 Å². The van der Waals surface area contributed by atoms with Crippen molar-refractivity contribution in [2.24, 2.45) is 0 Å². The lowest BCUT2D eigenvalue weighted by atomic mass is 10.1. The summed E-state index contributed by atoms with van der Waals surface area (Å²) < 4.78 is 47.4. The van der Waals surface area contributed by atoms with Gasteiger partial charge in [0.2, 0.25) is 0 Å². The maximum Gasteiger partial charge on any atom is 0.261 e. The fourth-order valence-electron chi connectivity index (χ4n) is 1.46. The van der Waals surface area contributed by atoms with Crippen LogP contribution in [0.15, 0.2) is 29.2 Å². The van der Waals surface area contributed by atoms with Crippen LogP contribution < -0.4 is 0 Å². The van der Waals surface area contributed by atoms with Crippen LogP contribution >= 0.6 is 10.7 Å². The second-order valence-corrected chi connectivity index (χ2v) is 6.09. The van der Waals surface area contributed by atoms with Crippen LogP contribution in [-0.2, 0) is 9.05 Å². The topological polar surface area (TPSA) is 34.1 Å². The molecule has 0 spiro atoms. The first-order chi connectivity index (χ1) is 6.81. The molecule has 0 bridgehead atoms. The molecule has 15 heavy (non-hydrogen) atoms. The van der Waals surface area contributed by atoms with Crippen LogP contribution in [0.3, 0.4) is 0 Å². The van der Waals surface area contributed by atoms with Crippen molar-refractivity contribution in [2.75, 3.05) is 0 Å². The van der Waals surface area contributed by atoms with Gasteiger partial charge in [-0.2, -0.15) is 0 Å². The van der Waals surface area contributed by atoms with Crippen LogP contribution in [0.25, 0.3) is 0 Å². The van der Waals surface area contributed by atoms with Gasteiger partial charge in [0, 0.05) is 17.1 Å². The fourth-order valence-corrected chi connectivity index (χ4v) is 2.26. The van der Waals surface area contributed by atoms with Crippen LogP contribution in [0.4, 0.5) is 8.78 Å². The minimum Gasteiger partial charge on any atom is -0.207 e. The number of halogens is 3. The van der Waals surface area contributed by atoms with E-state index in [1.165, 1.54) is 24.3 Å². The quantitative estimate of drug-likeness (QED) is 0.759. The molecule has 2 rings (SSSR count). The Kier molecular flexibility index (Phi) is 2.28. The Labute approximate surface area is 90.3 Å². The zero-order chi connectivity index (χ0) is 11.3. The summed E-state index contributed by atoms with van der Waals surface area (Å²) in [4.78, 5) is -0.135. The van der Waals surface area contributed by atoms with Gasteiger partial charge in [-0.1, -0.05) is 12.1 Å². The van der Waals surface area contributed by atoms with Crippen molar-refractivity contribution in [3.05, 3.63) is 29.8 Å². The molecule has 1 aromatic carbocycles. The van der Waals surface area contributed by atoms with E-state index in [4.69, 9.17) is 10.7 Å². The Morgan fingerprint density at radius 1 is 1.40 bits per heavy atom. The van der Waals surface area contributed by atoms with E-state index < -0.39 is 20.9 Å². The van der Waals surface area contributed by atoms with E-state index in [0.717, 1.165) is 0 Å². The molecular weight excluding hydrogens is 246 g/mol. The molecule has 1 saturated carbocycles. The molecule has 0 heterocycles. The van der Waals surface area contributed by atoms with Gasteiger partial charge in [-0.15, -0.1) is 0 Å². The number of hydrogen-bond donors (Lipinski definition) is 0. The van der Waals surface area contributed by atoms with Crippen molar-refractivity contribution >= 4 is 19.7 Å². The standard InChI is InChI=1S/C9H7ClF2O2S/c10-15(13,14)7-3-1-2-6(4-7)8-5-9(8,11)12/h1-4,8H,5H2. The highest BCUT2D eigenvalue weighted by Gasteiger charge is 2.57. The summed E-state index contributed by atoms with van der Waals surface area (Å²) in [5.41, 5.74) is 0.321. The van der Waals surface area contributed by atoms with Crippen molar-refractivity contribution in [3.63, 3.8) is 0 Å². The Morgan fingerprint density at radius 2 is 2.00 bits per heavy atom. The molecule has 2 nitrogen and oxygen atoms in total. The van der Waals surface area contributed by atoms with Gasteiger partial charge in [0.05, 0.1) is 10.8 Å². The highest BCUT2D eigenvalue weighted by molar-refractivity contribution is 8.13. The van der Waals surface area contributed by atoms with Gasteiger partial charge < -0.3 is 0 Å². The van der Waals surface area contributed by atoms with E-state index in [-0.39, 0.29) is 11.3 Å². The first-order valence-corrected chi connectivity index (χ1v) is 6.54. The number of alkyl halides is 2. The predicted molar refractivity (Wildman–Crippen MR) is 51.8 cm³/mol. The smallest absolute Gasteiger partial charge is 0.207 e. The van der Waals surface area contributed by atoms with Crippen LogP contribution in [0, 0.1) is 0 Å². The summed E-state index contributed by atoms with van der Waals surface area (Å²) in [6, 6.07) is 5.39. The van der Waals surface area contributed by atoms with Gasteiger partial charge in [0.25, 0.3) is 15.0 Å². The third kappa shape index (κ3) is 2.13. The molecule has 1 atom stereocenters. The maximum absolute atomic E-state index is 12.7. The molecule has 1 aliphatic carbocycles. The van der Waals surface area contributed by atoms with Crippen molar-refractivity contribution in [3.8, 4) is 0 Å².